The number of carbonyl (C=O) groups is 1. The second-order valence-electron chi connectivity index (χ2n) is 5.92. The second kappa shape index (κ2) is 7.21. The highest BCUT2D eigenvalue weighted by molar-refractivity contribution is 6.01. The Morgan fingerprint density at radius 3 is 2.56 bits per heavy atom. The van der Waals surface area contributed by atoms with Crippen LogP contribution < -0.4 is 10.2 Å². The van der Waals surface area contributed by atoms with Gasteiger partial charge in [-0.15, -0.1) is 0 Å². The Hall–Kier alpha value is -3.08. The number of aryl methyl sites for hydroxylation is 2. The first-order chi connectivity index (χ1) is 12.1. The number of benzene rings is 2. The normalized spacial score (nSPS) is 10.5. The second-order valence-corrected chi connectivity index (χ2v) is 5.92. The maximum atomic E-state index is 12.7. The van der Waals surface area contributed by atoms with Crippen molar-refractivity contribution in [2.45, 2.75) is 13.8 Å². The number of nitrogens with zero attached hydrogens (tertiary/aromatic N) is 3. The van der Waals surface area contributed by atoms with Crippen molar-refractivity contribution in [3.8, 4) is 11.3 Å². The van der Waals surface area contributed by atoms with E-state index in [1.165, 1.54) is 0 Å². The summed E-state index contributed by atoms with van der Waals surface area (Å²) in [5, 5.41) is 7.31. The van der Waals surface area contributed by atoms with E-state index in [0.717, 1.165) is 22.5 Å². The fourth-order valence-electron chi connectivity index (χ4n) is 2.82. The molecule has 1 aromatic heterocycles. The molecule has 25 heavy (non-hydrogen) atoms. The molecule has 0 aliphatic heterocycles. The van der Waals surface area contributed by atoms with Gasteiger partial charge in [-0.2, -0.15) is 5.10 Å². The van der Waals surface area contributed by atoms with E-state index in [1.54, 1.807) is 9.58 Å². The van der Waals surface area contributed by atoms with Crippen molar-refractivity contribution in [1.29, 1.82) is 0 Å². The third-order valence-corrected chi connectivity index (χ3v) is 4.06. The zero-order valence-corrected chi connectivity index (χ0v) is 14.7. The summed E-state index contributed by atoms with van der Waals surface area (Å²) in [4.78, 5) is 14.4. The van der Waals surface area contributed by atoms with Gasteiger partial charge in [0, 0.05) is 25.3 Å². The first-order valence-electron chi connectivity index (χ1n) is 8.33. The van der Waals surface area contributed by atoms with E-state index < -0.39 is 0 Å². The lowest BCUT2D eigenvalue weighted by Gasteiger charge is -2.21. The van der Waals surface area contributed by atoms with Crippen LogP contribution in [-0.4, -0.2) is 22.4 Å². The molecule has 3 aromatic rings. The molecule has 5 nitrogen and oxygen atoms in total. The molecule has 0 bridgehead atoms. The van der Waals surface area contributed by atoms with Crippen molar-refractivity contribution in [1.82, 2.24) is 9.78 Å². The standard InChI is InChI=1S/C20H22N4O/c1-4-24(17-12-8-9-15(2)13-17)20(25)21-19-14-18(23(3)22-19)16-10-6-5-7-11-16/h5-14H,4H2,1-3H3,(H,21,22,25). The highest BCUT2D eigenvalue weighted by Gasteiger charge is 2.16. The molecular formula is C20H22N4O. The van der Waals surface area contributed by atoms with Crippen LogP contribution in [0.5, 0.6) is 0 Å². The van der Waals surface area contributed by atoms with E-state index in [0.29, 0.717) is 12.4 Å². The minimum Gasteiger partial charge on any atom is -0.294 e. The Kier molecular flexibility index (Phi) is 4.84. The number of aromatic nitrogens is 2. The van der Waals surface area contributed by atoms with Crippen molar-refractivity contribution in [3.05, 3.63) is 66.2 Å². The summed E-state index contributed by atoms with van der Waals surface area (Å²) in [6, 6.07) is 19.6. The topological polar surface area (TPSA) is 50.2 Å². The smallest absolute Gasteiger partial charge is 0.294 e. The summed E-state index contributed by atoms with van der Waals surface area (Å²) >= 11 is 0. The minimum absolute atomic E-state index is 0.189. The molecule has 1 N–H and O–H groups in total. The molecule has 2 aromatic carbocycles. The van der Waals surface area contributed by atoms with E-state index in [1.807, 2.05) is 81.6 Å². The molecule has 0 atom stereocenters. The van der Waals surface area contributed by atoms with Crippen LogP contribution >= 0.6 is 0 Å². The number of hydrogen-bond donors (Lipinski definition) is 1. The van der Waals surface area contributed by atoms with Crippen LogP contribution in [0.2, 0.25) is 0 Å². The Morgan fingerprint density at radius 1 is 1.12 bits per heavy atom. The SMILES string of the molecule is CCN(C(=O)Nc1cc(-c2ccccc2)n(C)n1)c1cccc(C)c1. The maximum absolute atomic E-state index is 12.7. The number of amides is 2. The first kappa shape index (κ1) is 16.8. The molecule has 0 unspecified atom stereocenters. The Balaban J connectivity index is 1.81. The van der Waals surface area contributed by atoms with Gasteiger partial charge < -0.3 is 0 Å². The zero-order valence-electron chi connectivity index (χ0n) is 14.7. The summed E-state index contributed by atoms with van der Waals surface area (Å²) in [7, 11) is 1.87. The highest BCUT2D eigenvalue weighted by atomic mass is 16.2. The fourth-order valence-corrected chi connectivity index (χ4v) is 2.82. The number of anilines is 2. The van der Waals surface area contributed by atoms with Gasteiger partial charge in [0.25, 0.3) is 0 Å². The van der Waals surface area contributed by atoms with Gasteiger partial charge in [0.1, 0.15) is 0 Å². The highest BCUT2D eigenvalue weighted by Crippen LogP contribution is 2.22. The lowest BCUT2D eigenvalue weighted by Crippen LogP contribution is -2.34. The molecule has 128 valence electrons. The lowest BCUT2D eigenvalue weighted by molar-refractivity contribution is 0.257. The number of hydrogen-bond acceptors (Lipinski definition) is 2. The molecule has 3 rings (SSSR count). The molecular weight excluding hydrogens is 312 g/mol. The predicted molar refractivity (Wildman–Crippen MR) is 102 cm³/mol. The third kappa shape index (κ3) is 3.71. The molecule has 2 amide bonds. The van der Waals surface area contributed by atoms with E-state index >= 15 is 0 Å². The molecule has 0 saturated carbocycles. The molecule has 1 heterocycles. The van der Waals surface area contributed by atoms with Crippen LogP contribution in [0.15, 0.2) is 60.7 Å². The average molecular weight is 334 g/mol. The molecule has 5 heteroatoms. The minimum atomic E-state index is -0.189. The fraction of sp³-hybridized carbons (Fsp3) is 0.200. The van der Waals surface area contributed by atoms with Gasteiger partial charge in [0.2, 0.25) is 0 Å². The van der Waals surface area contributed by atoms with Gasteiger partial charge in [-0.05, 0) is 37.1 Å². The van der Waals surface area contributed by atoms with Gasteiger partial charge in [-0.3, -0.25) is 14.9 Å². The van der Waals surface area contributed by atoms with Crippen LogP contribution in [0.1, 0.15) is 12.5 Å². The molecule has 0 fully saturated rings. The van der Waals surface area contributed by atoms with Gasteiger partial charge in [0.15, 0.2) is 5.82 Å². The van der Waals surface area contributed by atoms with Gasteiger partial charge in [0.05, 0.1) is 5.69 Å². The van der Waals surface area contributed by atoms with Crippen LogP contribution in [0.3, 0.4) is 0 Å². The molecule has 0 spiro atoms. The van der Waals surface area contributed by atoms with Gasteiger partial charge in [-0.1, -0.05) is 42.5 Å². The van der Waals surface area contributed by atoms with Gasteiger partial charge in [-0.25, -0.2) is 4.79 Å². The monoisotopic (exact) mass is 334 g/mol. The Labute approximate surface area is 147 Å². The largest absolute Gasteiger partial charge is 0.327 e. The zero-order chi connectivity index (χ0) is 17.8. The van der Waals surface area contributed by atoms with Gasteiger partial charge >= 0.3 is 6.03 Å². The maximum Gasteiger partial charge on any atom is 0.327 e. The number of carbonyl (C=O) groups excluding carboxylic acids is 1. The van der Waals surface area contributed by atoms with Crippen molar-refractivity contribution < 1.29 is 4.79 Å². The van der Waals surface area contributed by atoms with Crippen molar-refractivity contribution >= 4 is 17.5 Å². The molecule has 0 radical (unpaired) electrons. The Bertz CT molecular complexity index is 870. The quantitative estimate of drug-likeness (QED) is 0.766. The van der Waals surface area contributed by atoms with Crippen molar-refractivity contribution in [2.24, 2.45) is 7.05 Å². The number of rotatable bonds is 4. The summed E-state index contributed by atoms with van der Waals surface area (Å²) in [5.41, 5.74) is 4.01. The summed E-state index contributed by atoms with van der Waals surface area (Å²) in [6.45, 7) is 4.55. The summed E-state index contributed by atoms with van der Waals surface area (Å²) < 4.78 is 1.77. The summed E-state index contributed by atoms with van der Waals surface area (Å²) in [6.07, 6.45) is 0. The van der Waals surface area contributed by atoms with Crippen LogP contribution in [0, 0.1) is 6.92 Å². The third-order valence-electron chi connectivity index (χ3n) is 4.06. The molecule has 0 saturated heterocycles. The summed E-state index contributed by atoms with van der Waals surface area (Å²) in [5.74, 6) is 0.539. The van der Waals surface area contributed by atoms with E-state index in [2.05, 4.69) is 10.4 Å². The van der Waals surface area contributed by atoms with Crippen molar-refractivity contribution in [3.63, 3.8) is 0 Å². The van der Waals surface area contributed by atoms with Crippen LogP contribution in [0.25, 0.3) is 11.3 Å². The molecule has 0 aliphatic rings. The Morgan fingerprint density at radius 2 is 1.88 bits per heavy atom. The lowest BCUT2D eigenvalue weighted by atomic mass is 10.1. The van der Waals surface area contributed by atoms with E-state index in [-0.39, 0.29) is 6.03 Å². The van der Waals surface area contributed by atoms with Crippen molar-refractivity contribution in [2.75, 3.05) is 16.8 Å². The molecule has 0 aliphatic carbocycles. The van der Waals surface area contributed by atoms with Crippen LogP contribution in [0.4, 0.5) is 16.3 Å². The number of urea groups is 1. The number of nitrogens with one attached hydrogen (secondary N) is 1. The van der Waals surface area contributed by atoms with Crippen LogP contribution in [-0.2, 0) is 7.05 Å². The first-order valence-corrected chi connectivity index (χ1v) is 8.33. The van der Waals surface area contributed by atoms with E-state index in [9.17, 15) is 4.79 Å². The average Bonchev–Trinajstić information content (AvgIpc) is 2.96. The van der Waals surface area contributed by atoms with E-state index in [4.69, 9.17) is 0 Å². The predicted octanol–water partition coefficient (Wildman–Crippen LogP) is 4.45.